The van der Waals surface area contributed by atoms with Crippen molar-refractivity contribution in [2.45, 2.75) is 43.9 Å². The van der Waals surface area contributed by atoms with Gasteiger partial charge in [-0.1, -0.05) is 36.6 Å². The first-order valence-corrected chi connectivity index (χ1v) is 6.40. The Labute approximate surface area is 102 Å². The van der Waals surface area contributed by atoms with Gasteiger partial charge in [-0.25, -0.2) is 0 Å². The quantitative estimate of drug-likeness (QED) is 0.614. The number of benzene rings is 1. The molecule has 0 heterocycles. The van der Waals surface area contributed by atoms with Crippen molar-refractivity contribution in [3.63, 3.8) is 0 Å². The molecule has 0 spiro atoms. The molecule has 2 rings (SSSR count). The Morgan fingerprint density at radius 2 is 1.93 bits per heavy atom. The third kappa shape index (κ3) is 2.49. The standard InChI is InChI=1S/C13H16Cl2/c1-9-6-7-10(8-13(9)15)11-4-2-3-5-12(11)14/h6-8,11-12H,2-5H2,1H3. The van der Waals surface area contributed by atoms with Gasteiger partial charge in [0.05, 0.1) is 0 Å². The smallest absolute Gasteiger partial charge is 0.0438 e. The SMILES string of the molecule is Cc1ccc(C2CCCCC2Cl)cc1Cl. The maximum atomic E-state index is 6.37. The van der Waals surface area contributed by atoms with Crippen molar-refractivity contribution in [1.82, 2.24) is 0 Å². The molecule has 0 bridgehead atoms. The van der Waals surface area contributed by atoms with Gasteiger partial charge in [0.1, 0.15) is 0 Å². The van der Waals surface area contributed by atoms with Crippen molar-refractivity contribution < 1.29 is 0 Å². The predicted molar refractivity (Wildman–Crippen MR) is 67.0 cm³/mol. The zero-order chi connectivity index (χ0) is 10.8. The van der Waals surface area contributed by atoms with Crippen LogP contribution in [-0.4, -0.2) is 5.38 Å². The second kappa shape index (κ2) is 4.76. The lowest BCUT2D eigenvalue weighted by molar-refractivity contribution is 0.450. The maximum Gasteiger partial charge on any atom is 0.0438 e. The van der Waals surface area contributed by atoms with Crippen molar-refractivity contribution in [2.24, 2.45) is 0 Å². The summed E-state index contributed by atoms with van der Waals surface area (Å²) in [5.74, 6) is 0.499. The molecular weight excluding hydrogens is 227 g/mol. The third-order valence-electron chi connectivity index (χ3n) is 3.31. The number of halogens is 2. The van der Waals surface area contributed by atoms with E-state index in [0.717, 1.165) is 17.0 Å². The van der Waals surface area contributed by atoms with Crippen molar-refractivity contribution in [2.75, 3.05) is 0 Å². The summed E-state index contributed by atoms with van der Waals surface area (Å²) >= 11 is 12.5. The van der Waals surface area contributed by atoms with Crippen LogP contribution in [0.15, 0.2) is 18.2 Å². The Balaban J connectivity index is 2.24. The van der Waals surface area contributed by atoms with E-state index in [4.69, 9.17) is 23.2 Å². The lowest BCUT2D eigenvalue weighted by atomic mass is 9.83. The van der Waals surface area contributed by atoms with E-state index in [9.17, 15) is 0 Å². The second-order valence-electron chi connectivity index (χ2n) is 4.42. The lowest BCUT2D eigenvalue weighted by Crippen LogP contribution is -2.17. The number of aryl methyl sites for hydroxylation is 1. The molecule has 1 saturated carbocycles. The minimum absolute atomic E-state index is 0.289. The summed E-state index contributed by atoms with van der Waals surface area (Å²) in [7, 11) is 0. The topological polar surface area (TPSA) is 0 Å². The Morgan fingerprint density at radius 1 is 1.20 bits per heavy atom. The third-order valence-corrected chi connectivity index (χ3v) is 4.24. The average Bonchev–Trinajstić information content (AvgIpc) is 2.23. The Kier molecular flexibility index (Phi) is 3.58. The molecule has 0 saturated heterocycles. The Hall–Kier alpha value is -0.200. The minimum Gasteiger partial charge on any atom is -0.122 e. The number of hydrogen-bond donors (Lipinski definition) is 0. The van der Waals surface area contributed by atoms with Gasteiger partial charge in [-0.3, -0.25) is 0 Å². The molecule has 0 aromatic heterocycles. The molecule has 1 aromatic rings. The molecule has 82 valence electrons. The van der Waals surface area contributed by atoms with Crippen molar-refractivity contribution in [3.05, 3.63) is 34.3 Å². The lowest BCUT2D eigenvalue weighted by Gasteiger charge is -2.27. The first kappa shape index (κ1) is 11.3. The second-order valence-corrected chi connectivity index (χ2v) is 5.38. The Morgan fingerprint density at radius 3 is 2.60 bits per heavy atom. The molecule has 0 nitrogen and oxygen atoms in total. The summed E-state index contributed by atoms with van der Waals surface area (Å²) in [5, 5.41) is 1.15. The summed E-state index contributed by atoms with van der Waals surface area (Å²) in [6.45, 7) is 2.03. The fourth-order valence-electron chi connectivity index (χ4n) is 2.30. The monoisotopic (exact) mass is 242 g/mol. The van der Waals surface area contributed by atoms with E-state index < -0.39 is 0 Å². The van der Waals surface area contributed by atoms with E-state index in [2.05, 4.69) is 18.2 Å². The van der Waals surface area contributed by atoms with Gasteiger partial charge < -0.3 is 0 Å². The van der Waals surface area contributed by atoms with E-state index in [1.807, 2.05) is 6.92 Å². The van der Waals surface area contributed by atoms with Gasteiger partial charge in [0.15, 0.2) is 0 Å². The maximum absolute atomic E-state index is 6.37. The molecule has 0 radical (unpaired) electrons. The van der Waals surface area contributed by atoms with Gasteiger partial charge in [-0.05, 0) is 37.0 Å². The van der Waals surface area contributed by atoms with Gasteiger partial charge in [0.2, 0.25) is 0 Å². The molecule has 1 fully saturated rings. The van der Waals surface area contributed by atoms with Gasteiger partial charge in [0, 0.05) is 16.3 Å². The molecule has 2 unspecified atom stereocenters. The summed E-state index contributed by atoms with van der Waals surface area (Å²) in [5.41, 5.74) is 2.45. The van der Waals surface area contributed by atoms with Crippen molar-refractivity contribution >= 4 is 23.2 Å². The molecule has 1 aliphatic rings. The fraction of sp³-hybridized carbons (Fsp3) is 0.538. The van der Waals surface area contributed by atoms with E-state index in [1.54, 1.807) is 0 Å². The highest BCUT2D eigenvalue weighted by atomic mass is 35.5. The largest absolute Gasteiger partial charge is 0.122 e. The van der Waals surface area contributed by atoms with Crippen LogP contribution >= 0.6 is 23.2 Å². The van der Waals surface area contributed by atoms with E-state index in [1.165, 1.54) is 24.8 Å². The highest BCUT2D eigenvalue weighted by molar-refractivity contribution is 6.31. The van der Waals surface area contributed by atoms with Gasteiger partial charge >= 0.3 is 0 Å². The van der Waals surface area contributed by atoms with E-state index in [-0.39, 0.29) is 5.38 Å². The van der Waals surface area contributed by atoms with Crippen LogP contribution in [0.25, 0.3) is 0 Å². The van der Waals surface area contributed by atoms with Crippen LogP contribution in [0.1, 0.15) is 42.7 Å². The summed E-state index contributed by atoms with van der Waals surface area (Å²) in [4.78, 5) is 0. The first-order valence-electron chi connectivity index (χ1n) is 5.58. The van der Waals surface area contributed by atoms with E-state index >= 15 is 0 Å². The van der Waals surface area contributed by atoms with E-state index in [0.29, 0.717) is 5.92 Å². The molecule has 1 aliphatic carbocycles. The molecule has 2 heteroatoms. The van der Waals surface area contributed by atoms with Gasteiger partial charge in [-0.2, -0.15) is 0 Å². The molecule has 0 aliphatic heterocycles. The highest BCUT2D eigenvalue weighted by Crippen LogP contribution is 2.37. The summed E-state index contributed by atoms with van der Waals surface area (Å²) in [6, 6.07) is 6.35. The van der Waals surface area contributed by atoms with Crippen LogP contribution in [0, 0.1) is 6.92 Å². The van der Waals surface area contributed by atoms with Crippen LogP contribution in [0.4, 0.5) is 0 Å². The highest BCUT2D eigenvalue weighted by Gasteiger charge is 2.24. The average molecular weight is 243 g/mol. The zero-order valence-corrected chi connectivity index (χ0v) is 10.5. The molecular formula is C13H16Cl2. The minimum atomic E-state index is 0.289. The summed E-state index contributed by atoms with van der Waals surface area (Å²) in [6.07, 6.45) is 4.90. The fourth-order valence-corrected chi connectivity index (χ4v) is 2.92. The number of hydrogen-bond acceptors (Lipinski definition) is 0. The normalized spacial score (nSPS) is 26.6. The zero-order valence-electron chi connectivity index (χ0n) is 8.97. The van der Waals surface area contributed by atoms with Crippen LogP contribution in [0.2, 0.25) is 5.02 Å². The van der Waals surface area contributed by atoms with Crippen molar-refractivity contribution in [1.29, 1.82) is 0 Å². The number of rotatable bonds is 1. The van der Waals surface area contributed by atoms with Gasteiger partial charge in [-0.15, -0.1) is 11.6 Å². The van der Waals surface area contributed by atoms with Crippen LogP contribution in [-0.2, 0) is 0 Å². The molecule has 2 atom stereocenters. The predicted octanol–water partition coefficient (Wildman–Crippen LogP) is 4.91. The molecule has 0 amide bonds. The molecule has 1 aromatic carbocycles. The summed E-state index contributed by atoms with van der Waals surface area (Å²) < 4.78 is 0. The molecule has 15 heavy (non-hydrogen) atoms. The number of alkyl halides is 1. The molecule has 0 N–H and O–H groups in total. The van der Waals surface area contributed by atoms with Crippen LogP contribution in [0.3, 0.4) is 0 Å². The van der Waals surface area contributed by atoms with Gasteiger partial charge in [0.25, 0.3) is 0 Å². The van der Waals surface area contributed by atoms with Crippen LogP contribution < -0.4 is 0 Å². The Bertz CT molecular complexity index is 346. The first-order chi connectivity index (χ1) is 7.18. The van der Waals surface area contributed by atoms with Crippen molar-refractivity contribution in [3.8, 4) is 0 Å². The van der Waals surface area contributed by atoms with Crippen LogP contribution in [0.5, 0.6) is 0 Å².